The molecule has 0 amide bonds. The van der Waals surface area contributed by atoms with Gasteiger partial charge in [0.15, 0.2) is 0 Å². The summed E-state index contributed by atoms with van der Waals surface area (Å²) < 4.78 is 0. The summed E-state index contributed by atoms with van der Waals surface area (Å²) in [5.41, 5.74) is 10.8. The second kappa shape index (κ2) is 6.50. The predicted molar refractivity (Wildman–Crippen MR) is 98.7 cm³/mol. The monoisotopic (exact) mass is 327 g/mol. The lowest BCUT2D eigenvalue weighted by atomic mass is 10.1. The zero-order valence-electron chi connectivity index (χ0n) is 13.3. The number of fused-ring (bicyclic) bond motifs is 1. The van der Waals surface area contributed by atoms with Crippen LogP contribution in [0.1, 0.15) is 31.5 Å². The highest BCUT2D eigenvalue weighted by Crippen LogP contribution is 2.31. The molecule has 0 atom stereocenters. The van der Waals surface area contributed by atoms with Gasteiger partial charge in [0.1, 0.15) is 17.8 Å². The molecule has 2 heterocycles. The number of hydrogen-bond acceptors (Lipinski definition) is 5. The molecule has 0 radical (unpaired) electrons. The van der Waals surface area contributed by atoms with Crippen molar-refractivity contribution in [2.45, 2.75) is 38.0 Å². The summed E-state index contributed by atoms with van der Waals surface area (Å²) in [6, 6.07) is 5.66. The lowest BCUT2D eigenvalue weighted by molar-refractivity contribution is 0.876. The van der Waals surface area contributed by atoms with Gasteiger partial charge in [-0.25, -0.2) is 9.97 Å². The number of nitrogens with one attached hydrogen (secondary N) is 2. The van der Waals surface area contributed by atoms with Crippen LogP contribution in [0, 0.1) is 0 Å². The Morgan fingerprint density at radius 2 is 2.09 bits per heavy atom. The Balaban J connectivity index is 2.07. The van der Waals surface area contributed by atoms with Gasteiger partial charge in [0.25, 0.3) is 0 Å². The van der Waals surface area contributed by atoms with Crippen LogP contribution in [0.15, 0.2) is 29.4 Å². The van der Waals surface area contributed by atoms with Crippen LogP contribution in [0.25, 0.3) is 11.0 Å². The minimum atomic E-state index is 0.660. The van der Waals surface area contributed by atoms with E-state index in [-0.39, 0.29) is 0 Å². The van der Waals surface area contributed by atoms with E-state index in [1.165, 1.54) is 11.3 Å². The summed E-state index contributed by atoms with van der Waals surface area (Å²) in [5, 5.41) is 4.44. The Hall–Kier alpha value is -2.21. The van der Waals surface area contributed by atoms with Gasteiger partial charge in [0.05, 0.1) is 5.39 Å². The van der Waals surface area contributed by atoms with Crippen LogP contribution in [0.4, 0.5) is 17.2 Å². The number of hydrogen-bond donors (Lipinski definition) is 4. The fourth-order valence-corrected chi connectivity index (χ4v) is 3.06. The molecule has 0 saturated carbocycles. The minimum absolute atomic E-state index is 0.660. The van der Waals surface area contributed by atoms with Gasteiger partial charge in [-0.3, -0.25) is 0 Å². The van der Waals surface area contributed by atoms with Gasteiger partial charge in [-0.2, -0.15) is 0 Å². The second-order valence-electron chi connectivity index (χ2n) is 5.53. The largest absolute Gasteiger partial charge is 0.398 e. The second-order valence-corrected chi connectivity index (χ2v) is 6.01. The molecular formula is C17H21N5S. The van der Waals surface area contributed by atoms with Crippen molar-refractivity contribution in [1.29, 1.82) is 0 Å². The molecule has 120 valence electrons. The van der Waals surface area contributed by atoms with Crippen LogP contribution in [-0.4, -0.2) is 15.0 Å². The Kier molecular flexibility index (Phi) is 4.43. The number of nitrogens with two attached hydrogens (primary N) is 1. The topological polar surface area (TPSA) is 79.6 Å². The number of anilines is 3. The van der Waals surface area contributed by atoms with E-state index in [0.29, 0.717) is 5.69 Å². The lowest BCUT2D eigenvalue weighted by Gasteiger charge is -2.09. The first kappa shape index (κ1) is 15.7. The molecule has 5 nitrogen and oxygen atoms in total. The Labute approximate surface area is 141 Å². The number of aryl methyl sites for hydroxylation is 2. The van der Waals surface area contributed by atoms with E-state index < -0.39 is 0 Å². The standard InChI is InChI=1S/C17H21N5S/c1-3-5-13-11(4-2)15-16(19-9-20-17(15)22-13)21-10-6-7-12(18)14(23)8-10/h6-9,23H,3-5,18H2,1-2H3,(H2,19,20,21,22). The molecule has 0 bridgehead atoms. The van der Waals surface area contributed by atoms with E-state index in [9.17, 15) is 0 Å². The van der Waals surface area contributed by atoms with E-state index >= 15 is 0 Å². The molecular weight excluding hydrogens is 306 g/mol. The van der Waals surface area contributed by atoms with Gasteiger partial charge in [-0.05, 0) is 36.6 Å². The van der Waals surface area contributed by atoms with Gasteiger partial charge in [0.2, 0.25) is 0 Å². The Bertz CT molecular complexity index is 840. The molecule has 0 aliphatic carbocycles. The molecule has 0 fully saturated rings. The third kappa shape index (κ3) is 2.99. The van der Waals surface area contributed by atoms with E-state index in [0.717, 1.165) is 46.7 Å². The minimum Gasteiger partial charge on any atom is -0.398 e. The Morgan fingerprint density at radius 3 is 2.78 bits per heavy atom. The van der Waals surface area contributed by atoms with Crippen molar-refractivity contribution >= 4 is 40.9 Å². The first-order valence-electron chi connectivity index (χ1n) is 7.84. The summed E-state index contributed by atoms with van der Waals surface area (Å²) in [6.45, 7) is 4.34. The molecule has 4 N–H and O–H groups in total. The maximum atomic E-state index is 5.82. The molecule has 0 unspecified atom stereocenters. The van der Waals surface area contributed by atoms with Crippen molar-refractivity contribution < 1.29 is 0 Å². The highest BCUT2D eigenvalue weighted by Gasteiger charge is 2.15. The normalized spacial score (nSPS) is 11.1. The van der Waals surface area contributed by atoms with Gasteiger partial charge < -0.3 is 16.0 Å². The first-order chi connectivity index (χ1) is 11.1. The number of rotatable bonds is 5. The predicted octanol–water partition coefficient (Wildman–Crippen LogP) is 4.09. The van der Waals surface area contributed by atoms with Gasteiger partial charge >= 0.3 is 0 Å². The number of H-pyrrole nitrogens is 1. The molecule has 3 aromatic rings. The van der Waals surface area contributed by atoms with E-state index in [4.69, 9.17) is 5.73 Å². The van der Waals surface area contributed by atoms with Gasteiger partial charge in [-0.15, -0.1) is 12.6 Å². The van der Waals surface area contributed by atoms with Crippen molar-refractivity contribution in [3.05, 3.63) is 35.8 Å². The molecule has 23 heavy (non-hydrogen) atoms. The zero-order chi connectivity index (χ0) is 16.4. The fraction of sp³-hybridized carbons (Fsp3) is 0.294. The van der Waals surface area contributed by atoms with Gasteiger partial charge in [-0.1, -0.05) is 20.3 Å². The third-order valence-electron chi connectivity index (χ3n) is 3.93. The maximum absolute atomic E-state index is 5.82. The maximum Gasteiger partial charge on any atom is 0.143 e. The quantitative estimate of drug-likeness (QED) is 0.420. The molecule has 3 rings (SSSR count). The first-order valence-corrected chi connectivity index (χ1v) is 8.28. The average molecular weight is 327 g/mol. The Morgan fingerprint density at radius 1 is 1.26 bits per heavy atom. The van der Waals surface area contributed by atoms with Crippen molar-refractivity contribution in [3.8, 4) is 0 Å². The summed E-state index contributed by atoms with van der Waals surface area (Å²) in [4.78, 5) is 13.0. The van der Waals surface area contributed by atoms with Crippen LogP contribution >= 0.6 is 12.6 Å². The van der Waals surface area contributed by atoms with Crippen molar-refractivity contribution in [3.63, 3.8) is 0 Å². The molecule has 2 aromatic heterocycles. The van der Waals surface area contributed by atoms with E-state index in [1.54, 1.807) is 6.33 Å². The zero-order valence-corrected chi connectivity index (χ0v) is 14.2. The van der Waals surface area contributed by atoms with Crippen molar-refractivity contribution in [1.82, 2.24) is 15.0 Å². The molecule has 1 aromatic carbocycles. The van der Waals surface area contributed by atoms with Crippen LogP contribution in [0.5, 0.6) is 0 Å². The molecule has 0 spiro atoms. The average Bonchev–Trinajstić information content (AvgIpc) is 2.89. The van der Waals surface area contributed by atoms with E-state index in [1.807, 2.05) is 18.2 Å². The summed E-state index contributed by atoms with van der Waals surface area (Å²) in [7, 11) is 0. The number of aromatic amines is 1. The fourth-order valence-electron chi connectivity index (χ4n) is 2.84. The molecule has 0 aliphatic rings. The number of thiol groups is 1. The lowest BCUT2D eigenvalue weighted by Crippen LogP contribution is -1.97. The third-order valence-corrected chi connectivity index (χ3v) is 4.32. The number of nitrogen functional groups attached to an aromatic ring is 1. The van der Waals surface area contributed by atoms with Crippen LogP contribution in [-0.2, 0) is 12.8 Å². The van der Waals surface area contributed by atoms with E-state index in [2.05, 4.69) is 46.7 Å². The van der Waals surface area contributed by atoms with Crippen molar-refractivity contribution in [2.75, 3.05) is 11.1 Å². The number of aromatic nitrogens is 3. The summed E-state index contributed by atoms with van der Waals surface area (Å²) >= 11 is 4.37. The summed E-state index contributed by atoms with van der Waals surface area (Å²) in [5.74, 6) is 0.808. The van der Waals surface area contributed by atoms with Crippen LogP contribution in [0.2, 0.25) is 0 Å². The highest BCUT2D eigenvalue weighted by molar-refractivity contribution is 7.80. The van der Waals surface area contributed by atoms with Crippen LogP contribution in [0.3, 0.4) is 0 Å². The number of nitrogens with zero attached hydrogens (tertiary/aromatic N) is 2. The number of benzene rings is 1. The van der Waals surface area contributed by atoms with Crippen LogP contribution < -0.4 is 11.1 Å². The molecule has 6 heteroatoms. The SMILES string of the molecule is CCCc1[nH]c2ncnc(Nc3ccc(N)c(S)c3)c2c1CC. The van der Waals surface area contributed by atoms with Crippen molar-refractivity contribution in [2.24, 2.45) is 0 Å². The molecule has 0 saturated heterocycles. The smallest absolute Gasteiger partial charge is 0.143 e. The van der Waals surface area contributed by atoms with Gasteiger partial charge in [0, 0.05) is 22.0 Å². The summed E-state index contributed by atoms with van der Waals surface area (Å²) in [6.07, 6.45) is 4.63. The highest BCUT2D eigenvalue weighted by atomic mass is 32.1. The molecule has 0 aliphatic heterocycles.